The molecule has 0 N–H and O–H groups in total. The van der Waals surface area contributed by atoms with Crippen molar-refractivity contribution in [3.8, 4) is 0 Å². The molecule has 0 radical (unpaired) electrons. The van der Waals surface area contributed by atoms with Crippen LogP contribution in [0, 0.1) is 0 Å². The summed E-state index contributed by atoms with van der Waals surface area (Å²) in [6.07, 6.45) is 34.4. The topological polar surface area (TPSA) is 0 Å². The maximum atomic E-state index is 2.44. The van der Waals surface area contributed by atoms with Crippen molar-refractivity contribution in [3.63, 3.8) is 0 Å². The molecular formula is C46H76. The number of hydrogen-bond donors (Lipinski definition) is 0. The Morgan fingerprint density at radius 2 is 0.522 bits per heavy atom. The second kappa shape index (κ2) is 21.4. The third-order valence-electron chi connectivity index (χ3n) is 11.6. The highest BCUT2D eigenvalue weighted by Gasteiger charge is 2.30. The fourth-order valence-electron chi connectivity index (χ4n) is 9.22. The van der Waals surface area contributed by atoms with Crippen LogP contribution in [0.3, 0.4) is 0 Å². The highest BCUT2D eigenvalue weighted by Crippen LogP contribution is 2.43. The molecule has 2 aromatic carbocycles. The van der Waals surface area contributed by atoms with E-state index in [0.29, 0.717) is 0 Å². The molecule has 0 heteroatoms. The molecule has 3 rings (SSSR count). The zero-order chi connectivity index (χ0) is 33.3. The van der Waals surface area contributed by atoms with Gasteiger partial charge in [-0.3, -0.25) is 0 Å². The largest absolute Gasteiger partial charge is 0.0654 e. The van der Waals surface area contributed by atoms with Crippen molar-refractivity contribution in [3.05, 3.63) is 66.8 Å². The molecule has 0 atom stereocenters. The van der Waals surface area contributed by atoms with Crippen LogP contribution < -0.4 is 0 Å². The highest BCUT2D eigenvalue weighted by atomic mass is 14.3. The van der Waals surface area contributed by atoms with Crippen molar-refractivity contribution in [2.24, 2.45) is 0 Å². The highest BCUT2D eigenvalue weighted by molar-refractivity contribution is 5.63. The van der Waals surface area contributed by atoms with Gasteiger partial charge in [0.1, 0.15) is 0 Å². The van der Waals surface area contributed by atoms with Gasteiger partial charge in [0.05, 0.1) is 0 Å². The summed E-state index contributed by atoms with van der Waals surface area (Å²) in [5.74, 6) is 0. The van der Waals surface area contributed by atoms with E-state index in [9.17, 15) is 0 Å². The molecule has 0 saturated heterocycles. The smallest absolute Gasteiger partial charge is 0.00142 e. The molecule has 0 spiro atoms. The zero-order valence-corrected chi connectivity index (χ0v) is 32.4. The Kier molecular flexibility index (Phi) is 18.1. The molecule has 0 saturated carbocycles. The van der Waals surface area contributed by atoms with E-state index in [1.165, 1.54) is 167 Å². The van der Waals surface area contributed by atoms with Gasteiger partial charge in [-0.1, -0.05) is 132 Å². The predicted octanol–water partition coefficient (Wildman–Crippen LogP) is 13.9. The first-order valence-corrected chi connectivity index (χ1v) is 20.9. The Hall–Kier alpha value is -1.56. The Bertz CT molecular complexity index is 1090. The van der Waals surface area contributed by atoms with Crippen LogP contribution >= 0.6 is 0 Å². The molecule has 0 nitrogen and oxygen atoms in total. The summed E-state index contributed by atoms with van der Waals surface area (Å²) in [5, 5.41) is 0. The molecule has 0 heterocycles. The first-order chi connectivity index (χ1) is 22.6. The van der Waals surface area contributed by atoms with Crippen molar-refractivity contribution in [1.29, 1.82) is 0 Å². The van der Waals surface area contributed by atoms with Crippen LogP contribution in [-0.2, 0) is 64.2 Å². The van der Waals surface area contributed by atoms with Crippen LogP contribution in [0.25, 0.3) is 0 Å². The van der Waals surface area contributed by atoms with Gasteiger partial charge in [-0.05, 0) is 157 Å². The van der Waals surface area contributed by atoms with Gasteiger partial charge in [0, 0.05) is 0 Å². The van der Waals surface area contributed by atoms with Crippen LogP contribution in [0.5, 0.6) is 0 Å². The van der Waals surface area contributed by atoms with E-state index >= 15 is 0 Å². The average Bonchev–Trinajstić information content (AvgIpc) is 3.08. The molecule has 0 aliphatic heterocycles. The molecule has 260 valence electrons. The van der Waals surface area contributed by atoms with E-state index in [1.54, 1.807) is 33.4 Å². The van der Waals surface area contributed by atoms with Crippen molar-refractivity contribution in [2.45, 2.75) is 222 Å². The minimum absolute atomic E-state index is 1.19. The van der Waals surface area contributed by atoms with Crippen molar-refractivity contribution >= 4 is 0 Å². The Morgan fingerprint density at radius 3 is 0.783 bits per heavy atom. The van der Waals surface area contributed by atoms with Crippen LogP contribution in [0.4, 0.5) is 0 Å². The van der Waals surface area contributed by atoms with E-state index in [2.05, 4.69) is 55.4 Å². The molecule has 0 unspecified atom stereocenters. The predicted molar refractivity (Wildman–Crippen MR) is 207 cm³/mol. The summed E-state index contributed by atoms with van der Waals surface area (Å²) in [7, 11) is 0. The quantitative estimate of drug-likeness (QED) is 0.0866. The second-order valence-corrected chi connectivity index (χ2v) is 14.8. The third kappa shape index (κ3) is 9.75. The summed E-state index contributed by atoms with van der Waals surface area (Å²) in [5.41, 5.74) is 21.4. The van der Waals surface area contributed by atoms with Crippen LogP contribution in [-0.4, -0.2) is 0 Å². The summed E-state index contributed by atoms with van der Waals surface area (Å²) in [4.78, 5) is 0. The normalized spacial score (nSPS) is 12.5. The average molecular weight is 629 g/mol. The minimum Gasteiger partial charge on any atom is -0.0654 e. The van der Waals surface area contributed by atoms with Gasteiger partial charge in [-0.25, -0.2) is 0 Å². The Labute approximate surface area is 288 Å². The number of rotatable bonds is 24. The fraction of sp³-hybridized carbons (Fsp3) is 0.739. The van der Waals surface area contributed by atoms with Gasteiger partial charge in [0.15, 0.2) is 0 Å². The van der Waals surface area contributed by atoms with Crippen LogP contribution in [0.2, 0.25) is 0 Å². The molecule has 46 heavy (non-hydrogen) atoms. The summed E-state index contributed by atoms with van der Waals surface area (Å²) >= 11 is 0. The lowest BCUT2D eigenvalue weighted by molar-refractivity contribution is 0.626. The van der Waals surface area contributed by atoms with Gasteiger partial charge in [-0.2, -0.15) is 0 Å². The van der Waals surface area contributed by atoms with Gasteiger partial charge < -0.3 is 0 Å². The first kappa shape index (κ1) is 38.9. The molecule has 0 bridgehead atoms. The first-order valence-electron chi connectivity index (χ1n) is 20.9. The van der Waals surface area contributed by atoms with E-state index in [1.807, 2.05) is 33.4 Å². The van der Waals surface area contributed by atoms with Gasteiger partial charge in [0.2, 0.25) is 0 Å². The van der Waals surface area contributed by atoms with E-state index < -0.39 is 0 Å². The van der Waals surface area contributed by atoms with Crippen LogP contribution in [0.1, 0.15) is 225 Å². The fourth-order valence-corrected chi connectivity index (χ4v) is 9.22. The van der Waals surface area contributed by atoms with Crippen molar-refractivity contribution in [1.82, 2.24) is 0 Å². The lowest BCUT2D eigenvalue weighted by Gasteiger charge is -2.35. The maximum Gasteiger partial charge on any atom is -0.00142 e. The third-order valence-corrected chi connectivity index (χ3v) is 11.6. The summed E-state index contributed by atoms with van der Waals surface area (Å²) in [6, 6.07) is 0. The lowest BCUT2D eigenvalue weighted by Crippen LogP contribution is -2.22. The number of hydrogen-bond acceptors (Lipinski definition) is 0. The van der Waals surface area contributed by atoms with Crippen molar-refractivity contribution < 1.29 is 0 Å². The van der Waals surface area contributed by atoms with Crippen LogP contribution in [0.15, 0.2) is 0 Å². The molecule has 1 aliphatic rings. The Morgan fingerprint density at radius 1 is 0.261 bits per heavy atom. The molecule has 0 aromatic heterocycles. The molecule has 0 fully saturated rings. The maximum absolute atomic E-state index is 2.44. The SMILES string of the molecule is CCCCCCc1c(CCCCCC)c(CCCCCC)c2c(c1CCCCCC)Cc1c(CC)c(CC)c(CC)c(CC)c1C2. The zero-order valence-electron chi connectivity index (χ0n) is 32.4. The molecule has 0 amide bonds. The second-order valence-electron chi connectivity index (χ2n) is 14.8. The van der Waals surface area contributed by atoms with Crippen molar-refractivity contribution in [2.75, 3.05) is 0 Å². The number of unbranched alkanes of at least 4 members (excludes halogenated alkanes) is 12. The standard InChI is InChI=1S/C46H76/c1-9-17-21-25-29-39-40(30-26-22-18-10-2)42(32-28-24-20-12-4)46-34-44-38(16-8)36(14-6)35(13-5)37(15-7)43(44)33-45(46)41(39)31-27-23-19-11-3/h9-34H2,1-8H3. The van der Waals surface area contributed by atoms with E-state index in [4.69, 9.17) is 0 Å². The molecule has 1 aliphatic carbocycles. The number of fused-ring (bicyclic) bond motifs is 2. The molecule has 2 aromatic rings. The van der Waals surface area contributed by atoms with Gasteiger partial charge in [-0.15, -0.1) is 0 Å². The summed E-state index contributed by atoms with van der Waals surface area (Å²) in [6.45, 7) is 19.2. The number of benzene rings is 2. The summed E-state index contributed by atoms with van der Waals surface area (Å²) < 4.78 is 0. The van der Waals surface area contributed by atoms with Gasteiger partial charge in [0.25, 0.3) is 0 Å². The monoisotopic (exact) mass is 629 g/mol. The Balaban J connectivity index is 2.31. The minimum atomic E-state index is 1.19. The lowest BCUT2D eigenvalue weighted by atomic mass is 9.70. The van der Waals surface area contributed by atoms with Gasteiger partial charge >= 0.3 is 0 Å². The van der Waals surface area contributed by atoms with E-state index in [-0.39, 0.29) is 0 Å². The molecular weight excluding hydrogens is 553 g/mol. The van der Waals surface area contributed by atoms with E-state index in [0.717, 1.165) is 0 Å².